The zero-order valence-electron chi connectivity index (χ0n) is 22.3. The molecule has 3 aromatic rings. The maximum atomic E-state index is 10.6. The normalized spacial score (nSPS) is 16.6. The van der Waals surface area contributed by atoms with Crippen molar-refractivity contribution in [3.05, 3.63) is 18.0 Å². The minimum atomic E-state index is -0.696. The van der Waals surface area contributed by atoms with Crippen LogP contribution in [-0.4, -0.2) is 62.6 Å². The van der Waals surface area contributed by atoms with E-state index < -0.39 is 6.10 Å². The van der Waals surface area contributed by atoms with E-state index in [2.05, 4.69) is 15.6 Å². The first-order valence-electron chi connectivity index (χ1n) is 13.6. The SMILES string of the molecule is CC.CCC(CO)[C@@H](O)CNc1nc(NCC2CC2)nc(C)c1-c1nc2c(OCC3CC3)nccc2s1. The molecule has 4 N–H and O–H groups in total. The lowest BCUT2D eigenvalue weighted by atomic mass is 10.0. The molecule has 5 rings (SSSR count). The third kappa shape index (κ3) is 7.06. The van der Waals surface area contributed by atoms with Crippen molar-refractivity contribution in [2.75, 3.05) is 36.9 Å². The topological polar surface area (TPSA) is 125 Å². The summed E-state index contributed by atoms with van der Waals surface area (Å²) in [6.07, 6.45) is 6.67. The Labute approximate surface area is 223 Å². The summed E-state index contributed by atoms with van der Waals surface area (Å²) in [7, 11) is 0. The number of hydrogen-bond donors (Lipinski definition) is 4. The van der Waals surface area contributed by atoms with Crippen LogP contribution in [-0.2, 0) is 0 Å². The molecule has 3 aromatic heterocycles. The van der Waals surface area contributed by atoms with Gasteiger partial charge in [-0.3, -0.25) is 0 Å². The minimum Gasteiger partial charge on any atom is -0.476 e. The highest BCUT2D eigenvalue weighted by Gasteiger charge is 2.25. The second-order valence-electron chi connectivity index (χ2n) is 9.72. The fraction of sp³-hybridized carbons (Fsp3) is 0.630. The van der Waals surface area contributed by atoms with E-state index in [1.165, 1.54) is 25.7 Å². The van der Waals surface area contributed by atoms with Crippen LogP contribution in [0.5, 0.6) is 5.88 Å². The lowest BCUT2D eigenvalue weighted by Crippen LogP contribution is -2.30. The number of hydrogen-bond acceptors (Lipinski definition) is 10. The van der Waals surface area contributed by atoms with Crippen molar-refractivity contribution in [3.63, 3.8) is 0 Å². The zero-order valence-corrected chi connectivity index (χ0v) is 23.1. The van der Waals surface area contributed by atoms with Gasteiger partial charge in [-0.25, -0.2) is 15.0 Å². The summed E-state index contributed by atoms with van der Waals surface area (Å²) in [6, 6.07) is 1.95. The summed E-state index contributed by atoms with van der Waals surface area (Å²) in [5, 5.41) is 27.6. The third-order valence-corrected chi connectivity index (χ3v) is 7.80. The molecule has 37 heavy (non-hydrogen) atoms. The van der Waals surface area contributed by atoms with E-state index in [4.69, 9.17) is 19.7 Å². The van der Waals surface area contributed by atoms with E-state index in [0.717, 1.165) is 33.0 Å². The Kier molecular flexibility index (Phi) is 9.50. The number of thiazole rings is 1. The number of fused-ring (bicyclic) bond motifs is 1. The molecule has 0 aromatic carbocycles. The van der Waals surface area contributed by atoms with Gasteiger partial charge in [-0.2, -0.15) is 4.98 Å². The standard InChI is InChI=1S/C25H34N6O3S.C2H6/c1-3-17(12-32)18(33)11-27-22-20(14(2)29-25(31-22)28-10-15-4-5-15)24-30-21-19(35-24)8-9-26-23(21)34-13-16-6-7-16;1-2/h8-9,15-18,32-33H,3-7,10-13H2,1-2H3,(H2,27,28,29,31);1-2H3/t17?,18-;/m0./s1. The van der Waals surface area contributed by atoms with Crippen molar-refractivity contribution in [3.8, 4) is 16.5 Å². The van der Waals surface area contributed by atoms with Gasteiger partial charge < -0.3 is 25.6 Å². The first-order chi connectivity index (χ1) is 18.1. The molecule has 1 unspecified atom stereocenters. The highest BCUT2D eigenvalue weighted by Crippen LogP contribution is 2.39. The number of aromatic nitrogens is 4. The molecule has 2 saturated carbocycles. The summed E-state index contributed by atoms with van der Waals surface area (Å²) in [5.41, 5.74) is 2.36. The Bertz CT molecular complexity index is 1160. The number of pyridine rings is 1. The zero-order chi connectivity index (χ0) is 26.4. The molecule has 0 bridgehead atoms. The molecule has 10 heteroatoms. The number of anilines is 2. The minimum absolute atomic E-state index is 0.0578. The number of aryl methyl sites for hydroxylation is 1. The van der Waals surface area contributed by atoms with E-state index in [9.17, 15) is 10.2 Å². The van der Waals surface area contributed by atoms with Gasteiger partial charge in [-0.1, -0.05) is 20.8 Å². The number of aliphatic hydroxyl groups excluding tert-OH is 2. The van der Waals surface area contributed by atoms with Crippen LogP contribution in [0.3, 0.4) is 0 Å². The van der Waals surface area contributed by atoms with Crippen molar-refractivity contribution >= 4 is 33.3 Å². The molecule has 0 spiro atoms. The Morgan fingerprint density at radius 1 is 1.11 bits per heavy atom. The number of nitrogens with zero attached hydrogens (tertiary/aromatic N) is 4. The van der Waals surface area contributed by atoms with E-state index in [1.54, 1.807) is 17.5 Å². The molecule has 202 valence electrons. The molecule has 2 fully saturated rings. The van der Waals surface area contributed by atoms with Gasteiger partial charge in [0.15, 0.2) is 0 Å². The highest BCUT2D eigenvalue weighted by atomic mass is 32.1. The van der Waals surface area contributed by atoms with Gasteiger partial charge in [0.05, 0.1) is 28.7 Å². The van der Waals surface area contributed by atoms with Gasteiger partial charge >= 0.3 is 0 Å². The third-order valence-electron chi connectivity index (χ3n) is 6.76. The van der Waals surface area contributed by atoms with Gasteiger partial charge in [0.1, 0.15) is 16.3 Å². The van der Waals surface area contributed by atoms with Gasteiger partial charge in [-0.15, -0.1) is 11.3 Å². The number of rotatable bonds is 13. The van der Waals surface area contributed by atoms with E-state index in [-0.39, 0.29) is 19.1 Å². The predicted molar refractivity (Wildman–Crippen MR) is 149 cm³/mol. The Hall–Kier alpha value is -2.56. The van der Waals surface area contributed by atoms with Crippen LogP contribution in [0.2, 0.25) is 0 Å². The quantitative estimate of drug-likeness (QED) is 0.245. The molecule has 9 nitrogen and oxygen atoms in total. The highest BCUT2D eigenvalue weighted by molar-refractivity contribution is 7.21. The molecule has 3 heterocycles. The van der Waals surface area contributed by atoms with Gasteiger partial charge in [0.2, 0.25) is 11.8 Å². The monoisotopic (exact) mass is 528 g/mol. The molecular formula is C27H40N6O3S. The molecule has 0 saturated heterocycles. The lowest BCUT2D eigenvalue weighted by molar-refractivity contribution is 0.0742. The summed E-state index contributed by atoms with van der Waals surface area (Å²) >= 11 is 1.55. The Morgan fingerprint density at radius 3 is 2.54 bits per heavy atom. The van der Waals surface area contributed by atoms with Crippen molar-refractivity contribution < 1.29 is 14.9 Å². The first kappa shape index (κ1) is 27.5. The van der Waals surface area contributed by atoms with Gasteiger partial charge in [-0.05, 0) is 56.9 Å². The van der Waals surface area contributed by atoms with Crippen LogP contribution in [0.15, 0.2) is 12.3 Å². The largest absolute Gasteiger partial charge is 0.476 e. The van der Waals surface area contributed by atoms with Crippen LogP contribution >= 0.6 is 11.3 Å². The summed E-state index contributed by atoms with van der Waals surface area (Å²) in [5.74, 6) is 2.88. The van der Waals surface area contributed by atoms with Crippen molar-refractivity contribution in [1.29, 1.82) is 0 Å². The average Bonchev–Trinajstić information content (AvgIpc) is 3.85. The number of nitrogens with one attached hydrogen (secondary N) is 2. The van der Waals surface area contributed by atoms with Crippen LogP contribution in [0.1, 0.15) is 58.6 Å². The van der Waals surface area contributed by atoms with E-state index >= 15 is 0 Å². The second-order valence-corrected chi connectivity index (χ2v) is 10.7. The van der Waals surface area contributed by atoms with Crippen LogP contribution in [0, 0.1) is 24.7 Å². The van der Waals surface area contributed by atoms with Crippen LogP contribution < -0.4 is 15.4 Å². The van der Waals surface area contributed by atoms with Gasteiger partial charge in [0.25, 0.3) is 0 Å². The molecule has 0 radical (unpaired) electrons. The summed E-state index contributed by atoms with van der Waals surface area (Å²) in [4.78, 5) is 18.8. The summed E-state index contributed by atoms with van der Waals surface area (Å²) < 4.78 is 6.98. The molecule has 0 amide bonds. The maximum absolute atomic E-state index is 10.6. The van der Waals surface area contributed by atoms with Gasteiger partial charge in [0, 0.05) is 31.8 Å². The molecular weight excluding hydrogens is 488 g/mol. The Morgan fingerprint density at radius 2 is 1.86 bits per heavy atom. The smallest absolute Gasteiger partial charge is 0.241 e. The Balaban J connectivity index is 0.00000156. The molecule has 2 aliphatic rings. The van der Waals surface area contributed by atoms with E-state index in [0.29, 0.717) is 42.5 Å². The van der Waals surface area contributed by atoms with Crippen molar-refractivity contribution in [2.24, 2.45) is 17.8 Å². The van der Waals surface area contributed by atoms with Crippen LogP contribution in [0.25, 0.3) is 20.8 Å². The predicted octanol–water partition coefficient (Wildman–Crippen LogP) is 4.88. The summed E-state index contributed by atoms with van der Waals surface area (Å²) in [6.45, 7) is 9.67. The number of aliphatic hydroxyl groups is 2. The molecule has 2 atom stereocenters. The molecule has 0 aliphatic heterocycles. The molecule has 2 aliphatic carbocycles. The maximum Gasteiger partial charge on any atom is 0.241 e. The van der Waals surface area contributed by atoms with Crippen LogP contribution in [0.4, 0.5) is 11.8 Å². The van der Waals surface area contributed by atoms with Crippen molar-refractivity contribution in [2.45, 2.75) is 65.9 Å². The average molecular weight is 529 g/mol. The lowest BCUT2D eigenvalue weighted by Gasteiger charge is -2.21. The van der Waals surface area contributed by atoms with Crippen molar-refractivity contribution in [1.82, 2.24) is 19.9 Å². The first-order valence-corrected chi connectivity index (χ1v) is 14.4. The fourth-order valence-electron chi connectivity index (χ4n) is 4.01. The van der Waals surface area contributed by atoms with E-state index in [1.807, 2.05) is 33.8 Å². The second kappa shape index (κ2) is 12.8. The number of ether oxygens (including phenoxy) is 1. The fourth-order valence-corrected chi connectivity index (χ4v) is 5.06.